The van der Waals surface area contributed by atoms with Crippen molar-refractivity contribution >= 4 is 41.3 Å². The van der Waals surface area contributed by atoms with Crippen molar-refractivity contribution in [2.75, 3.05) is 13.6 Å². The SMILES string of the molecule is CCNC(=NCc1csc(C(C)C)n1)N(C)Cc1ncnn1C.I. The van der Waals surface area contributed by atoms with Crippen molar-refractivity contribution in [1.82, 2.24) is 30.0 Å². The van der Waals surface area contributed by atoms with Gasteiger partial charge in [-0.3, -0.25) is 4.68 Å². The molecule has 0 saturated heterocycles. The molecule has 0 saturated carbocycles. The van der Waals surface area contributed by atoms with Gasteiger partial charge in [0.05, 0.1) is 23.8 Å². The van der Waals surface area contributed by atoms with Crippen LogP contribution in [0.5, 0.6) is 0 Å². The van der Waals surface area contributed by atoms with E-state index < -0.39 is 0 Å². The second-order valence-corrected chi connectivity index (χ2v) is 6.55. The Kier molecular flexibility index (Phi) is 8.60. The molecule has 1 N–H and O–H groups in total. The summed E-state index contributed by atoms with van der Waals surface area (Å²) < 4.78 is 1.77. The number of thiazole rings is 1. The number of hydrogen-bond donors (Lipinski definition) is 1. The molecule has 0 aliphatic heterocycles. The predicted molar refractivity (Wildman–Crippen MR) is 109 cm³/mol. The number of nitrogens with one attached hydrogen (secondary N) is 1. The van der Waals surface area contributed by atoms with Crippen LogP contribution in [0.2, 0.25) is 0 Å². The molecular formula is C15H26IN7S. The minimum Gasteiger partial charge on any atom is -0.357 e. The number of hydrogen-bond acceptors (Lipinski definition) is 5. The molecule has 0 unspecified atom stereocenters. The highest BCUT2D eigenvalue weighted by atomic mass is 127. The summed E-state index contributed by atoms with van der Waals surface area (Å²) in [5.74, 6) is 2.20. The van der Waals surface area contributed by atoms with Crippen LogP contribution in [0.4, 0.5) is 0 Å². The minimum atomic E-state index is 0. The zero-order valence-electron chi connectivity index (χ0n) is 14.9. The maximum Gasteiger partial charge on any atom is 0.194 e. The third-order valence-electron chi connectivity index (χ3n) is 3.33. The van der Waals surface area contributed by atoms with E-state index in [-0.39, 0.29) is 24.0 Å². The molecule has 0 spiro atoms. The van der Waals surface area contributed by atoms with Crippen molar-refractivity contribution in [2.24, 2.45) is 12.0 Å². The first kappa shape index (κ1) is 20.8. The fraction of sp³-hybridized carbons (Fsp3) is 0.600. The molecular weight excluding hydrogens is 437 g/mol. The third kappa shape index (κ3) is 5.69. The van der Waals surface area contributed by atoms with Crippen LogP contribution in [0.1, 0.15) is 43.2 Å². The fourth-order valence-corrected chi connectivity index (χ4v) is 2.86. The van der Waals surface area contributed by atoms with Crippen molar-refractivity contribution in [2.45, 2.75) is 39.8 Å². The summed E-state index contributed by atoms with van der Waals surface area (Å²) in [6.07, 6.45) is 1.57. The largest absolute Gasteiger partial charge is 0.357 e. The van der Waals surface area contributed by atoms with E-state index in [0.717, 1.165) is 29.0 Å². The Hall–Kier alpha value is -1.23. The van der Waals surface area contributed by atoms with Crippen LogP contribution in [0.15, 0.2) is 16.7 Å². The number of rotatable bonds is 6. The van der Waals surface area contributed by atoms with Crippen LogP contribution in [-0.2, 0) is 20.1 Å². The maximum atomic E-state index is 4.68. The van der Waals surface area contributed by atoms with Gasteiger partial charge in [0.15, 0.2) is 5.96 Å². The monoisotopic (exact) mass is 463 g/mol. The molecule has 0 bridgehead atoms. The number of nitrogens with zero attached hydrogens (tertiary/aromatic N) is 6. The summed E-state index contributed by atoms with van der Waals surface area (Å²) in [4.78, 5) is 15.6. The Balaban J connectivity index is 0.00000288. The first-order chi connectivity index (χ1) is 11.0. The maximum absolute atomic E-state index is 4.68. The van der Waals surface area contributed by atoms with Crippen LogP contribution in [0.3, 0.4) is 0 Å². The highest BCUT2D eigenvalue weighted by molar-refractivity contribution is 14.0. The standard InChI is InChI=1S/C15H25N7S.HI/c1-6-16-15(21(4)8-13-18-10-19-22(13)5)17-7-12-9-23-14(20-12)11(2)3;/h9-11H,6-8H2,1-5H3,(H,16,17);1H. The van der Waals surface area contributed by atoms with E-state index in [9.17, 15) is 0 Å². The van der Waals surface area contributed by atoms with E-state index in [1.165, 1.54) is 0 Å². The van der Waals surface area contributed by atoms with Crippen LogP contribution in [0, 0.1) is 0 Å². The molecule has 2 heterocycles. The van der Waals surface area contributed by atoms with Crippen molar-refractivity contribution in [1.29, 1.82) is 0 Å². The van der Waals surface area contributed by atoms with Gasteiger partial charge in [-0.1, -0.05) is 13.8 Å². The molecule has 0 aliphatic rings. The van der Waals surface area contributed by atoms with E-state index in [1.807, 2.05) is 19.0 Å². The molecule has 24 heavy (non-hydrogen) atoms. The molecule has 7 nitrogen and oxygen atoms in total. The topological polar surface area (TPSA) is 71.2 Å². The summed E-state index contributed by atoms with van der Waals surface area (Å²) in [7, 11) is 3.89. The van der Waals surface area contributed by atoms with Gasteiger partial charge in [-0.25, -0.2) is 15.0 Å². The summed E-state index contributed by atoms with van der Waals surface area (Å²) >= 11 is 1.70. The Morgan fingerprint density at radius 2 is 2.21 bits per heavy atom. The van der Waals surface area contributed by atoms with Gasteiger partial charge in [-0.2, -0.15) is 5.10 Å². The Morgan fingerprint density at radius 1 is 1.46 bits per heavy atom. The van der Waals surface area contributed by atoms with Crippen LogP contribution < -0.4 is 5.32 Å². The van der Waals surface area contributed by atoms with Gasteiger partial charge in [-0.05, 0) is 6.92 Å². The zero-order valence-corrected chi connectivity index (χ0v) is 18.0. The van der Waals surface area contributed by atoms with Gasteiger partial charge in [0.1, 0.15) is 12.2 Å². The lowest BCUT2D eigenvalue weighted by molar-refractivity contribution is 0.448. The lowest BCUT2D eigenvalue weighted by atomic mass is 10.2. The van der Waals surface area contributed by atoms with Gasteiger partial charge < -0.3 is 10.2 Å². The number of halogens is 1. The van der Waals surface area contributed by atoms with E-state index in [4.69, 9.17) is 0 Å². The zero-order chi connectivity index (χ0) is 16.8. The quantitative estimate of drug-likeness (QED) is 0.405. The van der Waals surface area contributed by atoms with Crippen LogP contribution in [-0.4, -0.2) is 44.2 Å². The molecule has 0 amide bonds. The average molecular weight is 463 g/mol. The molecule has 0 aromatic carbocycles. The Labute approximate surface area is 164 Å². The summed E-state index contributed by atoms with van der Waals surface area (Å²) in [5, 5.41) is 10.7. The van der Waals surface area contributed by atoms with E-state index in [0.29, 0.717) is 19.0 Å². The molecule has 0 atom stereocenters. The van der Waals surface area contributed by atoms with Crippen LogP contribution in [0.25, 0.3) is 0 Å². The van der Waals surface area contributed by atoms with Gasteiger partial charge in [-0.15, -0.1) is 35.3 Å². The van der Waals surface area contributed by atoms with Gasteiger partial charge >= 0.3 is 0 Å². The second-order valence-electron chi connectivity index (χ2n) is 5.66. The molecule has 2 aromatic rings. The molecule has 0 radical (unpaired) electrons. The highest BCUT2D eigenvalue weighted by Gasteiger charge is 2.11. The Morgan fingerprint density at radius 3 is 2.75 bits per heavy atom. The molecule has 2 aromatic heterocycles. The van der Waals surface area contributed by atoms with Crippen LogP contribution >= 0.6 is 35.3 Å². The van der Waals surface area contributed by atoms with Gasteiger partial charge in [0.25, 0.3) is 0 Å². The molecule has 9 heteroatoms. The normalized spacial score (nSPS) is 11.5. The second kappa shape index (κ2) is 9.92. The number of aliphatic imine (C=N–C) groups is 1. The van der Waals surface area contributed by atoms with E-state index in [1.54, 1.807) is 22.3 Å². The third-order valence-corrected chi connectivity index (χ3v) is 4.53. The lowest BCUT2D eigenvalue weighted by Crippen LogP contribution is -2.39. The fourth-order valence-electron chi connectivity index (χ4n) is 2.04. The van der Waals surface area contributed by atoms with Gasteiger partial charge in [0.2, 0.25) is 0 Å². The minimum absolute atomic E-state index is 0. The van der Waals surface area contributed by atoms with Crippen molar-refractivity contribution in [3.8, 4) is 0 Å². The highest BCUT2D eigenvalue weighted by Crippen LogP contribution is 2.19. The van der Waals surface area contributed by atoms with Crippen molar-refractivity contribution in [3.63, 3.8) is 0 Å². The molecule has 134 valence electrons. The predicted octanol–water partition coefficient (Wildman–Crippen LogP) is 2.61. The first-order valence-electron chi connectivity index (χ1n) is 7.77. The van der Waals surface area contributed by atoms with Gasteiger partial charge in [0, 0.05) is 31.9 Å². The van der Waals surface area contributed by atoms with E-state index in [2.05, 4.69) is 51.5 Å². The van der Waals surface area contributed by atoms with Crippen molar-refractivity contribution < 1.29 is 0 Å². The number of guanidine groups is 1. The summed E-state index contributed by atoms with van der Waals surface area (Å²) in [5.41, 5.74) is 1.01. The first-order valence-corrected chi connectivity index (χ1v) is 8.65. The average Bonchev–Trinajstić information content (AvgIpc) is 3.13. The number of aryl methyl sites for hydroxylation is 1. The molecule has 0 fully saturated rings. The van der Waals surface area contributed by atoms with Crippen molar-refractivity contribution in [3.05, 3.63) is 28.2 Å². The molecule has 2 rings (SSSR count). The Bertz CT molecular complexity index is 650. The van der Waals surface area contributed by atoms with E-state index >= 15 is 0 Å². The number of aromatic nitrogens is 4. The smallest absolute Gasteiger partial charge is 0.194 e. The lowest BCUT2D eigenvalue weighted by Gasteiger charge is -2.21. The summed E-state index contributed by atoms with van der Waals surface area (Å²) in [6.45, 7) is 8.42. The molecule has 0 aliphatic carbocycles. The summed E-state index contributed by atoms with van der Waals surface area (Å²) in [6, 6.07) is 0.